The van der Waals surface area contributed by atoms with Crippen molar-refractivity contribution in [2.24, 2.45) is 5.41 Å². The monoisotopic (exact) mass is 279 g/mol. The minimum Gasteiger partial charge on any atom is -0.494 e. The molecular weight excluding hydrogens is 254 g/mol. The van der Waals surface area contributed by atoms with E-state index in [4.69, 9.17) is 4.74 Å². The molecule has 0 aliphatic heterocycles. The summed E-state index contributed by atoms with van der Waals surface area (Å²) in [6, 6.07) is 7.80. The van der Waals surface area contributed by atoms with Gasteiger partial charge >= 0.3 is 5.97 Å². The lowest BCUT2D eigenvalue weighted by atomic mass is 9.74. The van der Waals surface area contributed by atoms with E-state index in [2.05, 4.69) is 5.32 Å². The minimum atomic E-state index is -0.868. The third kappa shape index (κ3) is 3.51. The second-order valence-electron chi connectivity index (χ2n) is 5.95. The Morgan fingerprint density at radius 3 is 2.40 bits per heavy atom. The largest absolute Gasteiger partial charge is 0.494 e. The third-order valence-corrected chi connectivity index (χ3v) is 4.09. The molecule has 0 aliphatic rings. The molecule has 0 radical (unpaired) electrons. The molecule has 4 nitrogen and oxygen atoms in total. The van der Waals surface area contributed by atoms with Gasteiger partial charge in [-0.05, 0) is 40.7 Å². The first-order chi connectivity index (χ1) is 9.22. The lowest BCUT2D eigenvalue weighted by Gasteiger charge is -2.39. The van der Waals surface area contributed by atoms with E-state index >= 15 is 0 Å². The second-order valence-corrected chi connectivity index (χ2v) is 5.95. The predicted octanol–water partition coefficient (Wildman–Crippen LogP) is 3.06. The zero-order valence-corrected chi connectivity index (χ0v) is 13.0. The van der Waals surface area contributed by atoms with Crippen LogP contribution in [0.25, 0.3) is 0 Å². The normalized spacial score (nSPS) is 12.2. The second kappa shape index (κ2) is 6.27. The van der Waals surface area contributed by atoms with Gasteiger partial charge in [0.05, 0.1) is 12.0 Å². The van der Waals surface area contributed by atoms with Gasteiger partial charge in [0.1, 0.15) is 5.75 Å². The summed E-state index contributed by atoms with van der Waals surface area (Å²) in [5.41, 5.74) is -0.380. The number of hydrogen-bond donors (Lipinski definition) is 2. The van der Waals surface area contributed by atoms with Crippen LogP contribution < -0.4 is 10.1 Å². The summed E-state index contributed by atoms with van der Waals surface area (Å²) in [4.78, 5) is 11.4. The minimum absolute atomic E-state index is 0.543. The van der Waals surface area contributed by atoms with E-state index < -0.39 is 16.9 Å². The highest BCUT2D eigenvalue weighted by atomic mass is 16.5. The Labute approximate surface area is 121 Å². The average molecular weight is 279 g/mol. The van der Waals surface area contributed by atoms with E-state index in [1.54, 1.807) is 13.8 Å². The highest BCUT2D eigenvalue weighted by molar-refractivity contribution is 5.75. The maximum atomic E-state index is 11.4. The van der Waals surface area contributed by atoms with Crippen LogP contribution in [0.2, 0.25) is 0 Å². The first-order valence-electron chi connectivity index (χ1n) is 6.91. The summed E-state index contributed by atoms with van der Waals surface area (Å²) in [7, 11) is 0. The van der Waals surface area contributed by atoms with Gasteiger partial charge in [0, 0.05) is 17.6 Å². The van der Waals surface area contributed by atoms with Gasteiger partial charge in [0.25, 0.3) is 0 Å². The average Bonchev–Trinajstić information content (AvgIpc) is 2.37. The van der Waals surface area contributed by atoms with Crippen molar-refractivity contribution in [2.45, 2.75) is 46.7 Å². The third-order valence-electron chi connectivity index (χ3n) is 4.09. The van der Waals surface area contributed by atoms with Crippen molar-refractivity contribution in [3.63, 3.8) is 0 Å². The highest BCUT2D eigenvalue weighted by Gasteiger charge is 2.43. The summed E-state index contributed by atoms with van der Waals surface area (Å²) in [5.74, 6) is 0.0273. The van der Waals surface area contributed by atoms with Crippen molar-refractivity contribution in [2.75, 3.05) is 6.61 Å². The van der Waals surface area contributed by atoms with Gasteiger partial charge in [-0.15, -0.1) is 0 Å². The molecule has 0 aromatic heterocycles. The Hall–Kier alpha value is -1.55. The van der Waals surface area contributed by atoms with Crippen LogP contribution in [0.3, 0.4) is 0 Å². The number of aliphatic carboxylic acids is 1. The zero-order valence-electron chi connectivity index (χ0n) is 13.0. The topological polar surface area (TPSA) is 58.6 Å². The molecule has 1 aromatic carbocycles. The van der Waals surface area contributed by atoms with Crippen molar-refractivity contribution < 1.29 is 14.6 Å². The smallest absolute Gasteiger partial charge is 0.310 e. The molecule has 1 aromatic rings. The number of carbonyl (C=O) groups is 1. The molecule has 0 unspecified atom stereocenters. The van der Waals surface area contributed by atoms with Gasteiger partial charge < -0.3 is 15.2 Å². The maximum Gasteiger partial charge on any atom is 0.310 e. The number of hydrogen-bond acceptors (Lipinski definition) is 3. The molecule has 0 amide bonds. The Balaban J connectivity index is 2.84. The molecule has 0 spiro atoms. The molecule has 0 atom stereocenters. The molecule has 4 heteroatoms. The number of carboxylic acid groups (broad SMARTS) is 1. The Morgan fingerprint density at radius 2 is 1.85 bits per heavy atom. The molecule has 0 aliphatic carbocycles. The van der Waals surface area contributed by atoms with Crippen molar-refractivity contribution in [3.8, 4) is 5.75 Å². The Kier molecular flexibility index (Phi) is 5.17. The van der Waals surface area contributed by atoms with Crippen LogP contribution >= 0.6 is 0 Å². The standard InChI is InChI=1S/C16H25NO3/c1-6-20-13-10-8-7-9-12(13)11-17-16(4,5)15(2,3)14(18)19/h7-10,17H,6,11H2,1-5H3,(H,18,19). The fourth-order valence-electron chi connectivity index (χ4n) is 1.75. The van der Waals surface area contributed by atoms with Crippen molar-refractivity contribution in [1.82, 2.24) is 5.32 Å². The molecule has 0 saturated heterocycles. The van der Waals surface area contributed by atoms with Crippen LogP contribution in [0, 0.1) is 5.41 Å². The number of ether oxygens (including phenoxy) is 1. The van der Waals surface area contributed by atoms with Gasteiger partial charge in [-0.2, -0.15) is 0 Å². The molecule has 0 heterocycles. The molecule has 2 N–H and O–H groups in total. The van der Waals surface area contributed by atoms with Crippen LogP contribution in [0.4, 0.5) is 0 Å². The summed E-state index contributed by atoms with van der Waals surface area (Å²) < 4.78 is 5.58. The van der Waals surface area contributed by atoms with E-state index in [-0.39, 0.29) is 0 Å². The summed E-state index contributed by atoms with van der Waals surface area (Å²) in [6.07, 6.45) is 0. The number of rotatable bonds is 7. The Bertz CT molecular complexity index is 467. The summed E-state index contributed by atoms with van der Waals surface area (Å²) in [5, 5.41) is 12.7. The van der Waals surface area contributed by atoms with Crippen LogP contribution in [0.5, 0.6) is 5.75 Å². The number of para-hydroxylation sites is 1. The van der Waals surface area contributed by atoms with Crippen LogP contribution in [0.15, 0.2) is 24.3 Å². The van der Waals surface area contributed by atoms with E-state index in [9.17, 15) is 9.90 Å². The van der Waals surface area contributed by atoms with Gasteiger partial charge in [0.15, 0.2) is 0 Å². The van der Waals surface area contributed by atoms with E-state index in [1.807, 2.05) is 45.0 Å². The molecule has 0 fully saturated rings. The molecule has 20 heavy (non-hydrogen) atoms. The van der Waals surface area contributed by atoms with E-state index in [1.165, 1.54) is 0 Å². The van der Waals surface area contributed by atoms with E-state index in [0.29, 0.717) is 13.2 Å². The predicted molar refractivity (Wildman–Crippen MR) is 79.9 cm³/mol. The van der Waals surface area contributed by atoms with Crippen LogP contribution in [0.1, 0.15) is 40.2 Å². The molecule has 0 bridgehead atoms. The fraction of sp³-hybridized carbons (Fsp3) is 0.562. The van der Waals surface area contributed by atoms with Crippen LogP contribution in [-0.4, -0.2) is 23.2 Å². The first kappa shape index (κ1) is 16.5. The van der Waals surface area contributed by atoms with Gasteiger partial charge in [-0.25, -0.2) is 0 Å². The summed E-state index contributed by atoms with van der Waals surface area (Å²) >= 11 is 0. The van der Waals surface area contributed by atoms with Gasteiger partial charge in [-0.3, -0.25) is 4.79 Å². The lowest BCUT2D eigenvalue weighted by molar-refractivity contribution is -0.151. The van der Waals surface area contributed by atoms with Gasteiger partial charge in [0.2, 0.25) is 0 Å². The molecule has 112 valence electrons. The Morgan fingerprint density at radius 1 is 1.25 bits per heavy atom. The molecule has 0 saturated carbocycles. The fourth-order valence-corrected chi connectivity index (χ4v) is 1.75. The van der Waals surface area contributed by atoms with Crippen molar-refractivity contribution in [3.05, 3.63) is 29.8 Å². The van der Waals surface area contributed by atoms with Crippen molar-refractivity contribution in [1.29, 1.82) is 0 Å². The number of benzene rings is 1. The SMILES string of the molecule is CCOc1ccccc1CNC(C)(C)C(C)(C)C(=O)O. The zero-order chi connectivity index (χ0) is 15.4. The molecule has 1 rings (SSSR count). The van der Waals surface area contributed by atoms with Crippen molar-refractivity contribution >= 4 is 5.97 Å². The highest BCUT2D eigenvalue weighted by Crippen LogP contribution is 2.31. The van der Waals surface area contributed by atoms with E-state index in [0.717, 1.165) is 11.3 Å². The van der Waals surface area contributed by atoms with Crippen LogP contribution in [-0.2, 0) is 11.3 Å². The quantitative estimate of drug-likeness (QED) is 0.805. The lowest BCUT2D eigenvalue weighted by Crippen LogP contribution is -2.54. The molecular formula is C16H25NO3. The first-order valence-corrected chi connectivity index (χ1v) is 6.91. The number of carboxylic acids is 1. The maximum absolute atomic E-state index is 11.4. The van der Waals surface area contributed by atoms with Gasteiger partial charge in [-0.1, -0.05) is 18.2 Å². The number of nitrogens with one attached hydrogen (secondary N) is 1. The summed E-state index contributed by atoms with van der Waals surface area (Å²) in [6.45, 7) is 10.4.